The molecule has 122 valence electrons. The Morgan fingerprint density at radius 3 is 2.78 bits per heavy atom. The number of halogens is 1. The van der Waals surface area contributed by atoms with Crippen molar-refractivity contribution in [3.8, 4) is 0 Å². The summed E-state index contributed by atoms with van der Waals surface area (Å²) in [5, 5.41) is 2.67. The standard InChI is InChI=1S/C18H21BrN2O2/c1-2-16(22)20-10-7-17(23)21-12-18(8-3-4-9-18)14-11-13(19)5-6-15(14)21/h2,5-6,11H,1,3-4,7-10,12H2,(H,20,22). The zero-order valence-corrected chi connectivity index (χ0v) is 14.7. The molecule has 3 rings (SSSR count). The van der Waals surface area contributed by atoms with Gasteiger partial charge in [0.2, 0.25) is 11.8 Å². The molecular weight excluding hydrogens is 356 g/mol. The second-order valence-electron chi connectivity index (χ2n) is 6.37. The van der Waals surface area contributed by atoms with Crippen LogP contribution in [0.1, 0.15) is 37.7 Å². The highest BCUT2D eigenvalue weighted by molar-refractivity contribution is 9.10. The summed E-state index contributed by atoms with van der Waals surface area (Å²) in [6.45, 7) is 4.53. The van der Waals surface area contributed by atoms with Crippen molar-refractivity contribution in [2.45, 2.75) is 37.5 Å². The Morgan fingerprint density at radius 2 is 2.09 bits per heavy atom. The highest BCUT2D eigenvalue weighted by Gasteiger charge is 2.46. The molecule has 1 N–H and O–H groups in total. The average Bonchev–Trinajstić information content (AvgIpc) is 3.14. The molecule has 4 nitrogen and oxygen atoms in total. The lowest BCUT2D eigenvalue weighted by molar-refractivity contribution is -0.119. The molecule has 2 aliphatic rings. The van der Waals surface area contributed by atoms with Crippen molar-refractivity contribution in [2.75, 3.05) is 18.0 Å². The number of benzene rings is 1. The van der Waals surface area contributed by atoms with Crippen LogP contribution >= 0.6 is 15.9 Å². The number of nitrogens with one attached hydrogen (secondary N) is 1. The molecule has 5 heteroatoms. The third kappa shape index (κ3) is 3.07. The molecule has 0 saturated heterocycles. The van der Waals surface area contributed by atoms with Crippen LogP contribution in [-0.2, 0) is 15.0 Å². The lowest BCUT2D eigenvalue weighted by Gasteiger charge is -2.24. The number of amides is 2. The van der Waals surface area contributed by atoms with Crippen molar-refractivity contribution < 1.29 is 9.59 Å². The van der Waals surface area contributed by atoms with E-state index < -0.39 is 0 Å². The first-order valence-corrected chi connectivity index (χ1v) is 8.86. The fraction of sp³-hybridized carbons (Fsp3) is 0.444. The van der Waals surface area contributed by atoms with Crippen LogP contribution in [0.15, 0.2) is 35.3 Å². The predicted molar refractivity (Wildman–Crippen MR) is 94.5 cm³/mol. The fourth-order valence-electron chi connectivity index (χ4n) is 3.84. The summed E-state index contributed by atoms with van der Waals surface area (Å²) in [4.78, 5) is 25.7. The number of fused-ring (bicyclic) bond motifs is 2. The van der Waals surface area contributed by atoms with Crippen LogP contribution in [0, 0.1) is 0 Å². The summed E-state index contributed by atoms with van der Waals surface area (Å²) < 4.78 is 1.06. The van der Waals surface area contributed by atoms with Gasteiger partial charge in [0.05, 0.1) is 0 Å². The van der Waals surface area contributed by atoms with Crippen molar-refractivity contribution in [2.24, 2.45) is 0 Å². The van der Waals surface area contributed by atoms with Gasteiger partial charge in [0.1, 0.15) is 0 Å². The highest BCUT2D eigenvalue weighted by Crippen LogP contribution is 2.51. The lowest BCUT2D eigenvalue weighted by atomic mass is 9.81. The van der Waals surface area contributed by atoms with Crippen molar-refractivity contribution in [3.05, 3.63) is 40.9 Å². The zero-order valence-electron chi connectivity index (χ0n) is 13.1. The van der Waals surface area contributed by atoms with Gasteiger partial charge in [-0.05, 0) is 42.7 Å². The third-order valence-corrected chi connectivity index (χ3v) is 5.46. The van der Waals surface area contributed by atoms with E-state index in [0.29, 0.717) is 13.0 Å². The summed E-state index contributed by atoms with van der Waals surface area (Å²) in [6, 6.07) is 6.20. The first kappa shape index (κ1) is 16.2. The van der Waals surface area contributed by atoms with Crippen LogP contribution in [0.3, 0.4) is 0 Å². The molecule has 1 fully saturated rings. The number of anilines is 1. The summed E-state index contributed by atoms with van der Waals surface area (Å²) in [6.07, 6.45) is 6.28. The first-order chi connectivity index (χ1) is 11.1. The van der Waals surface area contributed by atoms with Gasteiger partial charge in [-0.15, -0.1) is 0 Å². The molecule has 2 amide bonds. The van der Waals surface area contributed by atoms with Gasteiger partial charge in [0, 0.05) is 35.1 Å². The first-order valence-electron chi connectivity index (χ1n) is 8.06. The molecule has 1 heterocycles. The van der Waals surface area contributed by atoms with Gasteiger partial charge < -0.3 is 10.2 Å². The van der Waals surface area contributed by atoms with Gasteiger partial charge in [-0.2, -0.15) is 0 Å². The Bertz CT molecular complexity index is 650. The zero-order chi connectivity index (χ0) is 16.4. The van der Waals surface area contributed by atoms with Crippen molar-refractivity contribution >= 4 is 33.4 Å². The maximum Gasteiger partial charge on any atom is 0.243 e. The van der Waals surface area contributed by atoms with Gasteiger partial charge >= 0.3 is 0 Å². The van der Waals surface area contributed by atoms with Crippen LogP contribution < -0.4 is 10.2 Å². The normalized spacial score (nSPS) is 18.0. The molecule has 0 unspecified atom stereocenters. The van der Waals surface area contributed by atoms with Gasteiger partial charge in [-0.1, -0.05) is 35.4 Å². The maximum absolute atomic E-state index is 12.6. The molecule has 1 aliphatic carbocycles. The minimum atomic E-state index is -0.240. The van der Waals surface area contributed by atoms with E-state index >= 15 is 0 Å². The number of nitrogens with zero attached hydrogens (tertiary/aromatic N) is 1. The third-order valence-electron chi connectivity index (χ3n) is 4.97. The molecule has 0 radical (unpaired) electrons. The van der Waals surface area contributed by atoms with E-state index in [0.717, 1.165) is 29.5 Å². The lowest BCUT2D eigenvalue weighted by Crippen LogP contribution is -2.37. The largest absolute Gasteiger partial charge is 0.352 e. The molecule has 1 aromatic rings. The summed E-state index contributed by atoms with van der Waals surface area (Å²) in [5.41, 5.74) is 2.46. The van der Waals surface area contributed by atoms with Crippen LogP contribution in [-0.4, -0.2) is 24.9 Å². The topological polar surface area (TPSA) is 49.4 Å². The van der Waals surface area contributed by atoms with E-state index in [-0.39, 0.29) is 17.2 Å². The van der Waals surface area contributed by atoms with Gasteiger partial charge in [0.15, 0.2) is 0 Å². The SMILES string of the molecule is C=CC(=O)NCCC(=O)N1CC2(CCCC2)c2cc(Br)ccc21. The Balaban J connectivity index is 1.78. The summed E-state index contributed by atoms with van der Waals surface area (Å²) in [7, 11) is 0. The minimum absolute atomic E-state index is 0.0710. The Kier molecular flexibility index (Phi) is 4.57. The Hall–Kier alpha value is -1.62. The van der Waals surface area contributed by atoms with Crippen molar-refractivity contribution in [1.29, 1.82) is 0 Å². The number of carbonyl (C=O) groups excluding carboxylic acids is 2. The van der Waals surface area contributed by atoms with Gasteiger partial charge in [-0.25, -0.2) is 0 Å². The molecular formula is C18H21BrN2O2. The molecule has 1 spiro atoms. The van der Waals surface area contributed by atoms with Gasteiger partial charge in [0.25, 0.3) is 0 Å². The second kappa shape index (κ2) is 6.48. The smallest absolute Gasteiger partial charge is 0.243 e. The monoisotopic (exact) mass is 376 g/mol. The number of carbonyl (C=O) groups is 2. The van der Waals surface area contributed by atoms with E-state index in [1.165, 1.54) is 24.5 Å². The molecule has 1 saturated carbocycles. The molecule has 1 aliphatic heterocycles. The number of hydrogen-bond acceptors (Lipinski definition) is 2. The molecule has 0 aromatic heterocycles. The van der Waals surface area contributed by atoms with Gasteiger partial charge in [-0.3, -0.25) is 9.59 Å². The molecule has 23 heavy (non-hydrogen) atoms. The van der Waals surface area contributed by atoms with E-state index in [1.54, 1.807) is 0 Å². The van der Waals surface area contributed by atoms with E-state index in [4.69, 9.17) is 0 Å². The Morgan fingerprint density at radius 1 is 1.35 bits per heavy atom. The van der Waals surface area contributed by atoms with Crippen LogP contribution in [0.5, 0.6) is 0 Å². The van der Waals surface area contributed by atoms with E-state index in [1.807, 2.05) is 17.0 Å². The fourth-order valence-corrected chi connectivity index (χ4v) is 4.20. The van der Waals surface area contributed by atoms with Crippen molar-refractivity contribution in [3.63, 3.8) is 0 Å². The van der Waals surface area contributed by atoms with Crippen LogP contribution in [0.25, 0.3) is 0 Å². The van der Waals surface area contributed by atoms with Crippen LogP contribution in [0.4, 0.5) is 5.69 Å². The second-order valence-corrected chi connectivity index (χ2v) is 7.29. The average molecular weight is 377 g/mol. The predicted octanol–water partition coefficient (Wildman–Crippen LogP) is 3.30. The van der Waals surface area contributed by atoms with E-state index in [2.05, 4.69) is 33.9 Å². The highest BCUT2D eigenvalue weighted by atomic mass is 79.9. The quantitative estimate of drug-likeness (QED) is 0.819. The number of rotatable bonds is 4. The summed E-state index contributed by atoms with van der Waals surface area (Å²) in [5.74, 6) is -0.169. The van der Waals surface area contributed by atoms with Crippen LogP contribution in [0.2, 0.25) is 0 Å². The molecule has 0 bridgehead atoms. The number of hydrogen-bond donors (Lipinski definition) is 1. The van der Waals surface area contributed by atoms with Crippen molar-refractivity contribution in [1.82, 2.24) is 5.32 Å². The summed E-state index contributed by atoms with van der Waals surface area (Å²) >= 11 is 3.56. The maximum atomic E-state index is 12.6. The minimum Gasteiger partial charge on any atom is -0.352 e. The Labute approximate surface area is 145 Å². The van der Waals surface area contributed by atoms with E-state index in [9.17, 15) is 9.59 Å². The molecule has 0 atom stereocenters. The molecule has 1 aromatic carbocycles.